The second kappa shape index (κ2) is 5.49. The second-order valence-electron chi connectivity index (χ2n) is 7.59. The summed E-state index contributed by atoms with van der Waals surface area (Å²) in [6.07, 6.45) is 0.502. The first-order valence-corrected chi connectivity index (χ1v) is 7.94. The molecule has 2 saturated carbocycles. The van der Waals surface area contributed by atoms with Crippen LogP contribution in [0.15, 0.2) is 0 Å². The van der Waals surface area contributed by atoms with E-state index in [9.17, 15) is 30.0 Å². The zero-order valence-corrected chi connectivity index (χ0v) is 13.2. The highest BCUT2D eigenvalue weighted by atomic mass is 16.4. The van der Waals surface area contributed by atoms with E-state index in [2.05, 4.69) is 0 Å². The van der Waals surface area contributed by atoms with Crippen LogP contribution in [0.2, 0.25) is 0 Å². The van der Waals surface area contributed by atoms with Crippen molar-refractivity contribution < 1.29 is 30.0 Å². The van der Waals surface area contributed by atoms with Crippen molar-refractivity contribution in [3.63, 3.8) is 0 Å². The predicted molar refractivity (Wildman–Crippen MR) is 78.3 cm³/mol. The lowest BCUT2D eigenvalue weighted by atomic mass is 9.43. The molecule has 0 aromatic heterocycles. The topological polar surface area (TPSA) is 115 Å². The van der Waals surface area contributed by atoms with E-state index in [1.807, 2.05) is 0 Å². The molecule has 0 saturated heterocycles. The van der Waals surface area contributed by atoms with Crippen LogP contribution in [-0.4, -0.2) is 44.6 Å². The minimum Gasteiger partial charge on any atom is -0.481 e. The van der Waals surface area contributed by atoms with E-state index in [0.717, 1.165) is 6.42 Å². The van der Waals surface area contributed by atoms with Crippen LogP contribution in [0.1, 0.15) is 58.8 Å². The fraction of sp³-hybridized carbons (Fsp3) is 0.875. The maximum atomic E-state index is 12.3. The average Bonchev–Trinajstić information content (AvgIpc) is 2.42. The minimum absolute atomic E-state index is 0.0789. The van der Waals surface area contributed by atoms with Crippen LogP contribution in [0.4, 0.5) is 0 Å². The first kappa shape index (κ1) is 17.2. The van der Waals surface area contributed by atoms with E-state index < -0.39 is 40.4 Å². The van der Waals surface area contributed by atoms with Crippen molar-refractivity contribution in [1.82, 2.24) is 0 Å². The molecule has 2 aliphatic carbocycles. The van der Waals surface area contributed by atoms with Crippen LogP contribution in [0, 0.1) is 16.2 Å². The Labute approximate surface area is 130 Å². The summed E-state index contributed by atoms with van der Waals surface area (Å²) in [4.78, 5) is 24.5. The van der Waals surface area contributed by atoms with Gasteiger partial charge in [-0.25, -0.2) is 0 Å². The van der Waals surface area contributed by atoms with Crippen LogP contribution < -0.4 is 0 Å². The van der Waals surface area contributed by atoms with Crippen molar-refractivity contribution >= 4 is 11.9 Å². The monoisotopic (exact) mass is 314 g/mol. The molecule has 0 aromatic rings. The van der Waals surface area contributed by atoms with Gasteiger partial charge >= 0.3 is 11.9 Å². The molecule has 4 N–H and O–H groups in total. The third kappa shape index (κ3) is 2.15. The quantitative estimate of drug-likeness (QED) is 0.629. The van der Waals surface area contributed by atoms with Crippen LogP contribution in [0.5, 0.6) is 0 Å². The number of hydrogen-bond donors (Lipinski definition) is 4. The van der Waals surface area contributed by atoms with Crippen molar-refractivity contribution in [3.8, 4) is 0 Å². The summed E-state index contributed by atoms with van der Waals surface area (Å²) < 4.78 is 0. The Hall–Kier alpha value is -1.14. The molecule has 0 aliphatic heterocycles. The molecule has 0 heterocycles. The van der Waals surface area contributed by atoms with Crippen molar-refractivity contribution in [3.05, 3.63) is 0 Å². The number of carboxylic acids is 2. The van der Waals surface area contributed by atoms with Gasteiger partial charge < -0.3 is 20.4 Å². The van der Waals surface area contributed by atoms with Gasteiger partial charge in [-0.15, -0.1) is 0 Å². The normalized spacial score (nSPS) is 37.5. The number of aliphatic carboxylic acids is 2. The van der Waals surface area contributed by atoms with Gasteiger partial charge in [0.05, 0.1) is 23.0 Å². The van der Waals surface area contributed by atoms with E-state index in [1.165, 1.54) is 0 Å². The Morgan fingerprint density at radius 1 is 0.864 bits per heavy atom. The molecular formula is C16H26O6. The fourth-order valence-corrected chi connectivity index (χ4v) is 4.96. The van der Waals surface area contributed by atoms with Crippen LogP contribution in [0.3, 0.4) is 0 Å². The minimum atomic E-state index is -1.58. The number of rotatable bonds is 3. The van der Waals surface area contributed by atoms with Gasteiger partial charge in [-0.2, -0.15) is 0 Å². The number of carboxylic acid groups (broad SMARTS) is 2. The van der Waals surface area contributed by atoms with Crippen molar-refractivity contribution in [2.24, 2.45) is 16.2 Å². The van der Waals surface area contributed by atoms with Gasteiger partial charge in [0, 0.05) is 0 Å². The highest BCUT2D eigenvalue weighted by molar-refractivity contribution is 5.88. The van der Waals surface area contributed by atoms with Crippen molar-refractivity contribution in [2.75, 3.05) is 0 Å². The number of aliphatic hydroxyl groups excluding tert-OH is 2. The van der Waals surface area contributed by atoms with E-state index in [0.29, 0.717) is 25.7 Å². The number of hydrogen-bond acceptors (Lipinski definition) is 4. The lowest BCUT2D eigenvalue weighted by Gasteiger charge is -2.58. The largest absolute Gasteiger partial charge is 0.481 e. The highest BCUT2D eigenvalue weighted by Crippen LogP contribution is 2.64. The first-order valence-electron chi connectivity index (χ1n) is 7.94. The lowest BCUT2D eigenvalue weighted by molar-refractivity contribution is -0.217. The molecule has 2 aliphatic rings. The van der Waals surface area contributed by atoms with E-state index in [4.69, 9.17) is 0 Å². The van der Waals surface area contributed by atoms with Gasteiger partial charge in [0.1, 0.15) is 0 Å². The van der Waals surface area contributed by atoms with Crippen LogP contribution in [0.25, 0.3) is 0 Å². The smallest absolute Gasteiger partial charge is 0.311 e. The summed E-state index contributed by atoms with van der Waals surface area (Å²) in [7, 11) is 0. The van der Waals surface area contributed by atoms with Crippen LogP contribution in [-0.2, 0) is 9.59 Å². The molecule has 3 atom stereocenters. The summed E-state index contributed by atoms with van der Waals surface area (Å²) in [5, 5.41) is 40.0. The summed E-state index contributed by atoms with van der Waals surface area (Å²) in [5.74, 6) is -2.26. The van der Waals surface area contributed by atoms with Gasteiger partial charge in [0.25, 0.3) is 0 Å². The summed E-state index contributed by atoms with van der Waals surface area (Å²) in [6, 6.07) is 0. The molecule has 0 radical (unpaired) electrons. The standard InChI is InChI=1S/C16H26O6/c1-14(2)8-10(17)11(18)9-16(14,13(21)22)15(12(19)20)6-4-3-5-7-15/h10-11,17-18H,3-9H2,1-2H3,(H,19,20)(H,21,22). The predicted octanol–water partition coefficient (Wildman–Crippen LogP) is 1.63. The van der Waals surface area contributed by atoms with E-state index in [-0.39, 0.29) is 12.8 Å². The fourth-order valence-electron chi connectivity index (χ4n) is 4.96. The molecule has 126 valence electrons. The Kier molecular flexibility index (Phi) is 4.30. The van der Waals surface area contributed by atoms with Crippen molar-refractivity contribution in [2.45, 2.75) is 71.0 Å². The Morgan fingerprint density at radius 3 is 1.82 bits per heavy atom. The third-order valence-corrected chi connectivity index (χ3v) is 6.13. The van der Waals surface area contributed by atoms with Gasteiger partial charge in [0.15, 0.2) is 0 Å². The molecule has 6 nitrogen and oxygen atoms in total. The van der Waals surface area contributed by atoms with Crippen LogP contribution >= 0.6 is 0 Å². The Morgan fingerprint density at radius 2 is 1.36 bits per heavy atom. The summed E-state index contributed by atoms with van der Waals surface area (Å²) in [6.45, 7) is 3.41. The molecule has 0 spiro atoms. The van der Waals surface area contributed by atoms with Gasteiger partial charge in [-0.3, -0.25) is 9.59 Å². The molecule has 0 aromatic carbocycles. The third-order valence-electron chi connectivity index (χ3n) is 6.13. The SMILES string of the molecule is CC1(C)CC(O)C(O)CC1(C(=O)O)C1(C(=O)O)CCCCC1. The lowest BCUT2D eigenvalue weighted by Crippen LogP contribution is -2.65. The highest BCUT2D eigenvalue weighted by Gasteiger charge is 2.70. The zero-order valence-electron chi connectivity index (χ0n) is 13.2. The molecule has 0 bridgehead atoms. The molecule has 0 amide bonds. The van der Waals surface area contributed by atoms with Crippen molar-refractivity contribution in [1.29, 1.82) is 0 Å². The van der Waals surface area contributed by atoms with Gasteiger partial charge in [-0.1, -0.05) is 33.1 Å². The maximum absolute atomic E-state index is 12.3. The molecule has 22 heavy (non-hydrogen) atoms. The molecule has 2 rings (SSSR count). The first-order chi connectivity index (χ1) is 10.1. The molecule has 2 fully saturated rings. The average molecular weight is 314 g/mol. The van der Waals surface area contributed by atoms with Gasteiger partial charge in [-0.05, 0) is 31.1 Å². The molecule has 3 unspecified atom stereocenters. The van der Waals surface area contributed by atoms with E-state index in [1.54, 1.807) is 13.8 Å². The van der Waals surface area contributed by atoms with E-state index >= 15 is 0 Å². The Balaban J connectivity index is 2.64. The zero-order chi connectivity index (χ0) is 16.8. The molecule has 6 heteroatoms. The summed E-state index contributed by atoms with van der Waals surface area (Å²) in [5.41, 5.74) is -3.89. The number of aliphatic hydroxyl groups is 2. The summed E-state index contributed by atoms with van der Waals surface area (Å²) >= 11 is 0. The number of carbonyl (C=O) groups is 2. The maximum Gasteiger partial charge on any atom is 0.311 e. The Bertz CT molecular complexity index is 465. The van der Waals surface area contributed by atoms with Gasteiger partial charge in [0.2, 0.25) is 0 Å². The molecular weight excluding hydrogens is 288 g/mol. The second-order valence-corrected chi connectivity index (χ2v) is 7.59.